The SMILES string of the molecule is CCCCCCCCCCCOCCC(C)(C)O[SiH3]. The lowest BCUT2D eigenvalue weighted by Gasteiger charge is -2.23. The molecule has 116 valence electrons. The molecule has 0 radical (unpaired) electrons. The van der Waals surface area contributed by atoms with Gasteiger partial charge in [0.05, 0.1) is 5.60 Å². The molecule has 0 saturated carbocycles. The number of unbranched alkanes of at least 4 members (excludes halogenated alkanes) is 8. The van der Waals surface area contributed by atoms with Gasteiger partial charge in [0.15, 0.2) is 0 Å². The standard InChI is InChI=1S/C16H36O2Si/c1-4-5-6-7-8-9-10-11-12-14-17-15-13-16(2,3)18-19/h4-15H2,1-3,19H3. The summed E-state index contributed by atoms with van der Waals surface area (Å²) in [5, 5.41) is 0. The van der Waals surface area contributed by atoms with E-state index in [-0.39, 0.29) is 5.60 Å². The minimum Gasteiger partial charge on any atom is -0.423 e. The van der Waals surface area contributed by atoms with E-state index >= 15 is 0 Å². The fourth-order valence-corrected chi connectivity index (χ4v) is 2.24. The van der Waals surface area contributed by atoms with Crippen LogP contribution < -0.4 is 0 Å². The van der Waals surface area contributed by atoms with Crippen LogP contribution in [0.3, 0.4) is 0 Å². The molecular formula is C16H36O2Si. The van der Waals surface area contributed by atoms with E-state index in [4.69, 9.17) is 9.16 Å². The van der Waals surface area contributed by atoms with Gasteiger partial charge >= 0.3 is 0 Å². The Morgan fingerprint density at radius 2 is 1.32 bits per heavy atom. The van der Waals surface area contributed by atoms with Crippen molar-refractivity contribution < 1.29 is 9.16 Å². The summed E-state index contributed by atoms with van der Waals surface area (Å²) >= 11 is 0. The number of hydrogen-bond donors (Lipinski definition) is 0. The van der Waals surface area contributed by atoms with Gasteiger partial charge in [-0.25, -0.2) is 0 Å². The second kappa shape index (κ2) is 13.1. The van der Waals surface area contributed by atoms with Crippen molar-refractivity contribution in [1.29, 1.82) is 0 Å². The summed E-state index contributed by atoms with van der Waals surface area (Å²) in [5.74, 6) is 0. The molecule has 0 bridgehead atoms. The van der Waals surface area contributed by atoms with Crippen LogP contribution in [-0.4, -0.2) is 29.3 Å². The molecule has 0 aromatic heterocycles. The van der Waals surface area contributed by atoms with Gasteiger partial charge in [0.25, 0.3) is 0 Å². The van der Waals surface area contributed by atoms with Crippen molar-refractivity contribution in [3.63, 3.8) is 0 Å². The molecule has 2 nitrogen and oxygen atoms in total. The van der Waals surface area contributed by atoms with Crippen LogP contribution in [0.2, 0.25) is 0 Å². The van der Waals surface area contributed by atoms with Crippen molar-refractivity contribution in [1.82, 2.24) is 0 Å². The summed E-state index contributed by atoms with van der Waals surface area (Å²) in [6.07, 6.45) is 13.4. The molecule has 0 aliphatic rings. The Hall–Kier alpha value is 0.137. The van der Waals surface area contributed by atoms with Crippen LogP contribution in [0.1, 0.15) is 85.0 Å². The largest absolute Gasteiger partial charge is 0.423 e. The van der Waals surface area contributed by atoms with Crippen molar-refractivity contribution in [3.8, 4) is 0 Å². The van der Waals surface area contributed by atoms with E-state index in [0.717, 1.165) is 30.1 Å². The summed E-state index contributed by atoms with van der Waals surface area (Å²) in [5.41, 5.74) is 0.0186. The maximum absolute atomic E-state index is 5.67. The van der Waals surface area contributed by atoms with Crippen molar-refractivity contribution in [2.45, 2.75) is 90.6 Å². The van der Waals surface area contributed by atoms with Crippen LogP contribution >= 0.6 is 0 Å². The predicted octanol–water partition coefficient (Wildman–Crippen LogP) is 4.00. The lowest BCUT2D eigenvalue weighted by atomic mass is 10.1. The van der Waals surface area contributed by atoms with Gasteiger partial charge in [-0.3, -0.25) is 0 Å². The molecule has 0 rings (SSSR count). The smallest absolute Gasteiger partial charge is 0.146 e. The van der Waals surface area contributed by atoms with E-state index in [0.29, 0.717) is 0 Å². The fourth-order valence-electron chi connectivity index (χ4n) is 2.04. The zero-order valence-electron chi connectivity index (χ0n) is 13.8. The molecule has 0 N–H and O–H groups in total. The maximum Gasteiger partial charge on any atom is 0.146 e. The summed E-state index contributed by atoms with van der Waals surface area (Å²) in [4.78, 5) is 0. The van der Waals surface area contributed by atoms with Crippen LogP contribution in [-0.2, 0) is 9.16 Å². The van der Waals surface area contributed by atoms with E-state index < -0.39 is 0 Å². The molecule has 0 spiro atoms. The van der Waals surface area contributed by atoms with Gasteiger partial charge < -0.3 is 9.16 Å². The zero-order valence-corrected chi connectivity index (χ0v) is 15.8. The Morgan fingerprint density at radius 3 is 1.84 bits per heavy atom. The average Bonchev–Trinajstić information content (AvgIpc) is 2.40. The highest BCUT2D eigenvalue weighted by molar-refractivity contribution is 5.98. The quantitative estimate of drug-likeness (QED) is 0.355. The third-order valence-electron chi connectivity index (χ3n) is 3.79. The van der Waals surface area contributed by atoms with E-state index in [1.165, 1.54) is 57.8 Å². The molecule has 0 aromatic carbocycles. The lowest BCUT2D eigenvalue weighted by molar-refractivity contribution is 0.0513. The Bertz CT molecular complexity index is 184. The van der Waals surface area contributed by atoms with E-state index in [1.807, 2.05) is 0 Å². The van der Waals surface area contributed by atoms with Crippen LogP contribution in [0.25, 0.3) is 0 Å². The topological polar surface area (TPSA) is 18.5 Å². The summed E-state index contributed by atoms with van der Waals surface area (Å²) in [6, 6.07) is 0. The normalized spacial score (nSPS) is 12.2. The number of ether oxygens (including phenoxy) is 1. The Morgan fingerprint density at radius 1 is 0.789 bits per heavy atom. The maximum atomic E-state index is 5.67. The van der Waals surface area contributed by atoms with Crippen molar-refractivity contribution in [2.24, 2.45) is 0 Å². The van der Waals surface area contributed by atoms with Gasteiger partial charge in [0, 0.05) is 13.2 Å². The van der Waals surface area contributed by atoms with Crippen LogP contribution in [0.4, 0.5) is 0 Å². The van der Waals surface area contributed by atoms with Gasteiger partial charge in [0.2, 0.25) is 0 Å². The molecule has 0 aliphatic carbocycles. The Kier molecular flexibility index (Phi) is 13.2. The van der Waals surface area contributed by atoms with Crippen LogP contribution in [0, 0.1) is 0 Å². The highest BCUT2D eigenvalue weighted by Crippen LogP contribution is 2.13. The molecule has 0 heterocycles. The molecule has 0 atom stereocenters. The monoisotopic (exact) mass is 288 g/mol. The molecule has 0 saturated heterocycles. The molecule has 0 fully saturated rings. The first-order valence-electron chi connectivity index (χ1n) is 8.25. The van der Waals surface area contributed by atoms with Gasteiger partial charge in [0.1, 0.15) is 10.5 Å². The minimum absolute atomic E-state index is 0.0186. The van der Waals surface area contributed by atoms with E-state index in [9.17, 15) is 0 Å². The Labute approximate surface area is 124 Å². The van der Waals surface area contributed by atoms with E-state index in [2.05, 4.69) is 20.8 Å². The molecule has 0 unspecified atom stereocenters. The van der Waals surface area contributed by atoms with Crippen molar-refractivity contribution in [2.75, 3.05) is 13.2 Å². The first-order chi connectivity index (χ1) is 9.12. The summed E-state index contributed by atoms with van der Waals surface area (Å²) < 4.78 is 11.2. The molecule has 0 aromatic rings. The van der Waals surface area contributed by atoms with Gasteiger partial charge in [-0.15, -0.1) is 0 Å². The molecule has 0 aliphatic heterocycles. The van der Waals surface area contributed by atoms with Crippen molar-refractivity contribution >= 4 is 10.5 Å². The van der Waals surface area contributed by atoms with Crippen molar-refractivity contribution in [3.05, 3.63) is 0 Å². The molecule has 3 heteroatoms. The third-order valence-corrected chi connectivity index (χ3v) is 4.90. The molecule has 0 amide bonds. The zero-order chi connectivity index (χ0) is 14.4. The first kappa shape index (κ1) is 19.1. The molecular weight excluding hydrogens is 252 g/mol. The minimum atomic E-state index is 0.0186. The highest BCUT2D eigenvalue weighted by Gasteiger charge is 2.14. The second-order valence-electron chi connectivity index (χ2n) is 6.15. The van der Waals surface area contributed by atoms with Crippen LogP contribution in [0.5, 0.6) is 0 Å². The third kappa shape index (κ3) is 14.4. The fraction of sp³-hybridized carbons (Fsp3) is 1.00. The lowest BCUT2D eigenvalue weighted by Crippen LogP contribution is -2.25. The Balaban J connectivity index is 3.07. The number of hydrogen-bond acceptors (Lipinski definition) is 2. The van der Waals surface area contributed by atoms with Crippen LogP contribution in [0.15, 0.2) is 0 Å². The predicted molar refractivity (Wildman–Crippen MR) is 87.8 cm³/mol. The summed E-state index contributed by atoms with van der Waals surface area (Å²) in [7, 11) is 0.813. The average molecular weight is 289 g/mol. The first-order valence-corrected chi connectivity index (χ1v) is 9.07. The molecule has 19 heavy (non-hydrogen) atoms. The van der Waals surface area contributed by atoms with Gasteiger partial charge in [-0.1, -0.05) is 58.3 Å². The van der Waals surface area contributed by atoms with Gasteiger partial charge in [-0.2, -0.15) is 0 Å². The van der Waals surface area contributed by atoms with E-state index in [1.54, 1.807) is 0 Å². The second-order valence-corrected chi connectivity index (χ2v) is 6.56. The van der Waals surface area contributed by atoms with Gasteiger partial charge in [-0.05, 0) is 26.7 Å². The number of rotatable bonds is 14. The highest BCUT2D eigenvalue weighted by atomic mass is 28.2. The summed E-state index contributed by atoms with van der Waals surface area (Å²) in [6.45, 7) is 8.32.